The summed E-state index contributed by atoms with van der Waals surface area (Å²) in [4.78, 5) is 26.4. The van der Waals surface area contributed by atoms with Crippen molar-refractivity contribution in [2.24, 2.45) is 50.2 Å². The van der Waals surface area contributed by atoms with Crippen molar-refractivity contribution < 1.29 is 109 Å². The van der Waals surface area contributed by atoms with Gasteiger partial charge in [0.2, 0.25) is 0 Å². The summed E-state index contributed by atoms with van der Waals surface area (Å²) in [5.41, 5.74) is -4.15. The second kappa shape index (κ2) is 21.5. The van der Waals surface area contributed by atoms with Gasteiger partial charge in [0.15, 0.2) is 25.0 Å². The van der Waals surface area contributed by atoms with Gasteiger partial charge in [0.25, 0.3) is 0 Å². The predicted molar refractivity (Wildman–Crippen MR) is 262 cm³/mol. The van der Waals surface area contributed by atoms with Crippen molar-refractivity contribution in [2.75, 3.05) is 26.4 Å². The molecule has 434 valence electrons. The Morgan fingerprint density at radius 2 is 1.36 bits per heavy atom. The summed E-state index contributed by atoms with van der Waals surface area (Å²) >= 11 is 0. The molecule has 76 heavy (non-hydrogen) atoms. The number of carbonyl (C=O) groups excluding carboxylic acids is 2. The number of esters is 2. The molecule has 3 saturated heterocycles. The van der Waals surface area contributed by atoms with Gasteiger partial charge in [0.1, 0.15) is 73.2 Å². The minimum atomic E-state index is -1.89. The first kappa shape index (κ1) is 59.8. The third kappa shape index (κ3) is 9.36. The molecule has 22 heteroatoms. The van der Waals surface area contributed by atoms with Gasteiger partial charge < -0.3 is 99.2 Å². The van der Waals surface area contributed by atoms with Crippen LogP contribution in [0.15, 0.2) is 23.3 Å². The highest BCUT2D eigenvalue weighted by Crippen LogP contribution is 2.76. The average molecular weight is 1090 g/mol. The molecular formula is C54H86O22. The predicted octanol–water partition coefficient (Wildman–Crippen LogP) is -0.776. The lowest BCUT2D eigenvalue weighted by atomic mass is 9.32. The Morgan fingerprint density at radius 1 is 0.711 bits per heavy atom. The minimum Gasteiger partial charge on any atom is -0.458 e. The van der Waals surface area contributed by atoms with Crippen LogP contribution in [0.4, 0.5) is 0 Å². The SMILES string of the molecule is CC=C(C)C(=O)OC1C(OC(C)=O)C2(CO)C(CC1(C)C)C1=CCC3C4(C)CCC(OC5OC(COC6OCC(O)C(O)C6O)C(O)C(O)C5OC5OC(CO)C(O)C(O)C5O)C(C)(C)C4CCC3(C)C1(C)C(O)C2O. The molecule has 0 bridgehead atoms. The van der Waals surface area contributed by atoms with E-state index in [-0.39, 0.29) is 18.4 Å². The summed E-state index contributed by atoms with van der Waals surface area (Å²) in [6.45, 7) is 16.6. The topological polar surface area (TPSA) is 351 Å². The monoisotopic (exact) mass is 1090 g/mol. The summed E-state index contributed by atoms with van der Waals surface area (Å²) in [6, 6.07) is 0. The lowest BCUT2D eigenvalue weighted by Gasteiger charge is -2.73. The zero-order valence-corrected chi connectivity index (χ0v) is 45.4. The molecule has 0 aromatic carbocycles. The van der Waals surface area contributed by atoms with Gasteiger partial charge in [-0.25, -0.2) is 4.79 Å². The van der Waals surface area contributed by atoms with E-state index >= 15 is 0 Å². The van der Waals surface area contributed by atoms with E-state index in [9.17, 15) is 70.9 Å². The summed E-state index contributed by atoms with van der Waals surface area (Å²) in [7, 11) is 0. The van der Waals surface area contributed by atoms with Gasteiger partial charge in [-0.05, 0) is 86.4 Å². The quantitative estimate of drug-likeness (QED) is 0.0494. The Balaban J connectivity index is 1.09. The number of fused-ring (bicyclic) bond motifs is 7. The maximum atomic E-state index is 13.4. The standard InChI is InChI=1S/C54H86O22/c1-11-23(2)45(68)76-43-44(71-24(3)57)54(22-56)26(18-49(43,4)5)25-12-13-31-51(8)16-15-32(50(6,7)30(51)14-17-52(31,9)53(25,10)41(66)42(54)67)74-48-40(75-47-39(65)36(62)34(60)28(19-55)72-47)37(63)35(61)29(73-48)21-70-46-38(64)33(59)27(58)20-69-46/h11-12,26-44,46-48,55-56,58-67H,13-22H2,1-10H3. The van der Waals surface area contributed by atoms with E-state index in [1.807, 2.05) is 20.8 Å². The molecule has 3 aliphatic heterocycles. The molecule has 26 unspecified atom stereocenters. The van der Waals surface area contributed by atoms with Crippen molar-refractivity contribution in [2.45, 2.75) is 224 Å². The van der Waals surface area contributed by atoms with Crippen LogP contribution < -0.4 is 0 Å². The largest absolute Gasteiger partial charge is 0.458 e. The van der Waals surface area contributed by atoms with Gasteiger partial charge in [-0.1, -0.05) is 66.2 Å². The van der Waals surface area contributed by atoms with E-state index in [0.29, 0.717) is 44.1 Å². The van der Waals surface area contributed by atoms with E-state index in [2.05, 4.69) is 33.8 Å². The molecule has 7 fully saturated rings. The van der Waals surface area contributed by atoms with Gasteiger partial charge in [0, 0.05) is 23.3 Å². The second-order valence-corrected chi connectivity index (χ2v) is 25.3. The molecule has 0 radical (unpaired) electrons. The maximum Gasteiger partial charge on any atom is 0.333 e. The van der Waals surface area contributed by atoms with Crippen molar-refractivity contribution in [3.63, 3.8) is 0 Å². The fourth-order valence-electron chi connectivity index (χ4n) is 15.9. The fourth-order valence-corrected chi connectivity index (χ4v) is 15.9. The number of aliphatic hydroxyl groups excluding tert-OH is 12. The summed E-state index contributed by atoms with van der Waals surface area (Å²) < 4.78 is 48.3. The van der Waals surface area contributed by atoms with Crippen LogP contribution in [-0.2, 0) is 47.5 Å². The van der Waals surface area contributed by atoms with Crippen LogP contribution >= 0.6 is 0 Å². The van der Waals surface area contributed by atoms with Gasteiger partial charge >= 0.3 is 11.9 Å². The molecule has 0 amide bonds. The Bertz CT molecular complexity index is 2170. The van der Waals surface area contributed by atoms with Crippen LogP contribution in [0.3, 0.4) is 0 Å². The third-order valence-electron chi connectivity index (χ3n) is 20.6. The van der Waals surface area contributed by atoms with E-state index < -0.39 is 187 Å². The first-order valence-electron chi connectivity index (χ1n) is 27.0. The first-order valence-corrected chi connectivity index (χ1v) is 27.0. The van der Waals surface area contributed by atoms with E-state index in [1.165, 1.54) is 6.92 Å². The maximum absolute atomic E-state index is 13.4. The lowest BCUT2D eigenvalue weighted by molar-refractivity contribution is -0.381. The van der Waals surface area contributed by atoms with E-state index in [0.717, 1.165) is 5.57 Å². The Kier molecular flexibility index (Phi) is 17.0. The highest BCUT2D eigenvalue weighted by Gasteiger charge is 2.76. The second-order valence-electron chi connectivity index (χ2n) is 25.3. The first-order chi connectivity index (χ1) is 35.4. The number of aliphatic hydroxyl groups is 12. The molecule has 22 nitrogen and oxygen atoms in total. The molecule has 4 saturated carbocycles. The van der Waals surface area contributed by atoms with Gasteiger partial charge in [-0.2, -0.15) is 0 Å². The Morgan fingerprint density at radius 3 is 1.99 bits per heavy atom. The van der Waals surface area contributed by atoms with Crippen LogP contribution in [0.5, 0.6) is 0 Å². The summed E-state index contributed by atoms with van der Waals surface area (Å²) in [5.74, 6) is -2.09. The normalized spacial score (nSPS) is 51.0. The zero-order chi connectivity index (χ0) is 56.2. The smallest absolute Gasteiger partial charge is 0.333 e. The number of rotatable bonds is 12. The fraction of sp³-hybridized carbons (Fsp3) is 0.889. The average Bonchev–Trinajstić information content (AvgIpc) is 3.36. The van der Waals surface area contributed by atoms with E-state index in [1.54, 1.807) is 19.9 Å². The Labute approximate surface area is 443 Å². The van der Waals surface area contributed by atoms with Gasteiger partial charge in [-0.3, -0.25) is 4.79 Å². The molecule has 8 aliphatic rings. The highest BCUT2D eigenvalue weighted by atomic mass is 16.8. The number of carbonyl (C=O) groups is 2. The molecule has 8 rings (SSSR count). The van der Waals surface area contributed by atoms with Crippen LogP contribution in [-0.4, -0.2) is 216 Å². The van der Waals surface area contributed by atoms with Crippen molar-refractivity contribution >= 4 is 11.9 Å². The van der Waals surface area contributed by atoms with Crippen molar-refractivity contribution in [3.8, 4) is 0 Å². The number of allylic oxidation sites excluding steroid dienone is 2. The van der Waals surface area contributed by atoms with Crippen LogP contribution in [0.25, 0.3) is 0 Å². The van der Waals surface area contributed by atoms with Crippen LogP contribution in [0, 0.1) is 50.2 Å². The molecule has 3 heterocycles. The molecule has 0 aromatic rings. The number of hydrogen-bond acceptors (Lipinski definition) is 22. The van der Waals surface area contributed by atoms with Crippen molar-refractivity contribution in [3.05, 3.63) is 23.3 Å². The molecule has 0 aromatic heterocycles. The lowest BCUT2D eigenvalue weighted by Crippen LogP contribution is -2.76. The van der Waals surface area contributed by atoms with Crippen molar-refractivity contribution in [1.29, 1.82) is 0 Å². The molecule has 26 atom stereocenters. The highest BCUT2D eigenvalue weighted by molar-refractivity contribution is 5.87. The summed E-state index contributed by atoms with van der Waals surface area (Å²) in [5, 5.41) is 134. The van der Waals surface area contributed by atoms with Crippen LogP contribution in [0.2, 0.25) is 0 Å². The molecular weight excluding hydrogens is 1000 g/mol. The minimum absolute atomic E-state index is 0.0645. The number of ether oxygens (including phenoxy) is 8. The van der Waals surface area contributed by atoms with E-state index in [4.69, 9.17) is 37.9 Å². The van der Waals surface area contributed by atoms with Crippen molar-refractivity contribution in [1.82, 2.24) is 0 Å². The molecule has 5 aliphatic carbocycles. The van der Waals surface area contributed by atoms with Gasteiger partial charge in [0.05, 0.1) is 50.2 Å². The molecule has 0 spiro atoms. The molecule has 12 N–H and O–H groups in total. The third-order valence-corrected chi connectivity index (χ3v) is 20.6. The zero-order valence-electron chi connectivity index (χ0n) is 45.4. The number of hydrogen-bond donors (Lipinski definition) is 12. The van der Waals surface area contributed by atoms with Gasteiger partial charge in [-0.15, -0.1) is 0 Å². The van der Waals surface area contributed by atoms with Crippen LogP contribution in [0.1, 0.15) is 108 Å². The Hall–Kier alpha value is -2.30. The summed E-state index contributed by atoms with van der Waals surface area (Å²) in [6.07, 6.45) is -22.1.